The van der Waals surface area contributed by atoms with Gasteiger partial charge in [-0.3, -0.25) is 9.52 Å². The number of benzene rings is 3. The molecule has 10 nitrogen and oxygen atoms in total. The minimum absolute atomic E-state index is 0.0247. The Bertz CT molecular complexity index is 1500. The van der Waals surface area contributed by atoms with E-state index in [2.05, 4.69) is 14.9 Å². The van der Waals surface area contributed by atoms with Crippen LogP contribution in [0.3, 0.4) is 0 Å². The van der Waals surface area contributed by atoms with Gasteiger partial charge in [0.15, 0.2) is 0 Å². The fourth-order valence-electron chi connectivity index (χ4n) is 4.46. The predicted octanol–water partition coefficient (Wildman–Crippen LogP) is 4.04. The first-order chi connectivity index (χ1) is 18.9. The third kappa shape index (κ3) is 6.31. The van der Waals surface area contributed by atoms with Crippen LogP contribution in [0.5, 0.6) is 5.75 Å². The molecule has 1 saturated heterocycles. The number of carbonyl (C=O) groups excluding carboxylic acids is 1. The van der Waals surface area contributed by atoms with Crippen molar-refractivity contribution in [1.29, 1.82) is 0 Å². The second-order valence-corrected chi connectivity index (χ2v) is 11.8. The van der Waals surface area contributed by atoms with Gasteiger partial charge in [-0.15, -0.1) is 0 Å². The second-order valence-electron chi connectivity index (χ2n) is 10.2. The quantitative estimate of drug-likeness (QED) is 0.354. The molecule has 212 valence electrons. The smallest absolute Gasteiger partial charge is 0.328 e. The summed E-state index contributed by atoms with van der Waals surface area (Å²) in [5.74, 6) is -0.454. The van der Waals surface area contributed by atoms with Gasteiger partial charge in [-0.1, -0.05) is 18.2 Å². The molecule has 0 aliphatic carbocycles. The summed E-state index contributed by atoms with van der Waals surface area (Å²) < 4.78 is 34.4. The van der Waals surface area contributed by atoms with E-state index in [1.807, 2.05) is 24.3 Å². The second kappa shape index (κ2) is 11.5. The van der Waals surface area contributed by atoms with Crippen molar-refractivity contribution in [2.24, 2.45) is 0 Å². The lowest BCUT2D eigenvalue weighted by molar-refractivity contribution is -0.141. The van der Waals surface area contributed by atoms with E-state index < -0.39 is 21.5 Å². The number of anilines is 3. The number of hydrogen-bond donors (Lipinski definition) is 3. The number of ether oxygens (including phenoxy) is 1. The summed E-state index contributed by atoms with van der Waals surface area (Å²) in [4.78, 5) is 28.7. The van der Waals surface area contributed by atoms with Gasteiger partial charge in [-0.25, -0.2) is 13.2 Å². The van der Waals surface area contributed by atoms with Crippen LogP contribution in [0, 0.1) is 6.92 Å². The monoisotopic (exact) mass is 566 g/mol. The maximum absolute atomic E-state index is 13.4. The summed E-state index contributed by atoms with van der Waals surface area (Å²) in [6.07, 6.45) is 0. The molecule has 3 aromatic carbocycles. The Hall–Kier alpha value is -4.25. The van der Waals surface area contributed by atoms with Crippen molar-refractivity contribution in [3.63, 3.8) is 0 Å². The molecule has 40 heavy (non-hydrogen) atoms. The number of nitrogens with zero attached hydrogens (tertiary/aromatic N) is 2. The van der Waals surface area contributed by atoms with Gasteiger partial charge in [0.2, 0.25) is 0 Å². The van der Waals surface area contributed by atoms with Gasteiger partial charge in [-0.05, 0) is 74.9 Å². The lowest BCUT2D eigenvalue weighted by Gasteiger charge is -2.36. The average molecular weight is 567 g/mol. The van der Waals surface area contributed by atoms with Crippen LogP contribution in [0.1, 0.15) is 29.8 Å². The highest BCUT2D eigenvalue weighted by molar-refractivity contribution is 7.92. The van der Waals surface area contributed by atoms with Crippen LogP contribution in [0.15, 0.2) is 71.6 Å². The molecule has 3 aromatic rings. The van der Waals surface area contributed by atoms with Crippen molar-refractivity contribution < 1.29 is 27.9 Å². The highest BCUT2D eigenvalue weighted by Gasteiger charge is 2.27. The Balaban J connectivity index is 1.45. The highest BCUT2D eigenvalue weighted by atomic mass is 32.2. The molecule has 0 aromatic heterocycles. The molecule has 0 atom stereocenters. The molecule has 0 bridgehead atoms. The summed E-state index contributed by atoms with van der Waals surface area (Å²) in [7, 11) is -2.36. The Labute approximate surface area is 234 Å². The minimum Gasteiger partial charge on any atom is -0.495 e. The number of amides is 1. The number of carboxylic acid groups (broad SMARTS) is 1. The van der Waals surface area contributed by atoms with E-state index >= 15 is 0 Å². The molecule has 11 heteroatoms. The lowest BCUT2D eigenvalue weighted by atomic mass is 10.1. The molecule has 0 radical (unpaired) electrons. The molecule has 1 aliphatic heterocycles. The maximum atomic E-state index is 13.4. The predicted molar refractivity (Wildman–Crippen MR) is 155 cm³/mol. The zero-order valence-corrected chi connectivity index (χ0v) is 23.8. The van der Waals surface area contributed by atoms with Crippen molar-refractivity contribution >= 4 is 39.0 Å². The van der Waals surface area contributed by atoms with Gasteiger partial charge in [0, 0.05) is 43.1 Å². The number of aryl methyl sites for hydroxylation is 1. The zero-order valence-electron chi connectivity index (χ0n) is 23.0. The third-order valence-corrected chi connectivity index (χ3v) is 8.25. The van der Waals surface area contributed by atoms with E-state index in [0.29, 0.717) is 48.7 Å². The van der Waals surface area contributed by atoms with Crippen molar-refractivity contribution in [2.75, 3.05) is 48.2 Å². The summed E-state index contributed by atoms with van der Waals surface area (Å²) in [5.41, 5.74) is 1.65. The summed E-state index contributed by atoms with van der Waals surface area (Å²) >= 11 is 0. The van der Waals surface area contributed by atoms with Gasteiger partial charge in [0.05, 0.1) is 17.7 Å². The number of methoxy groups -OCH3 is 1. The van der Waals surface area contributed by atoms with Crippen molar-refractivity contribution in [2.45, 2.75) is 31.2 Å². The topological polar surface area (TPSA) is 128 Å². The van der Waals surface area contributed by atoms with Crippen LogP contribution in [0.2, 0.25) is 0 Å². The van der Waals surface area contributed by atoms with Crippen LogP contribution in [0.25, 0.3) is 0 Å². The van der Waals surface area contributed by atoms with Gasteiger partial charge in [0.1, 0.15) is 11.3 Å². The standard InChI is InChI=1S/C29H34N4O6S/c1-20-9-14-23(40(37,38)31-22-12-10-21(11-13-22)30-29(2,3)28(35)36)19-24(20)27(34)33-17-15-32(16-18-33)25-7-5-6-8-26(25)39-4/h5-14,19,30-31H,15-18H2,1-4H3,(H,35,36). The van der Waals surface area contributed by atoms with Crippen molar-refractivity contribution in [3.8, 4) is 5.75 Å². The molecular formula is C29H34N4O6S. The van der Waals surface area contributed by atoms with E-state index in [1.165, 1.54) is 26.0 Å². The number of nitrogens with one attached hydrogen (secondary N) is 2. The van der Waals surface area contributed by atoms with Crippen molar-refractivity contribution in [3.05, 3.63) is 77.9 Å². The summed E-state index contributed by atoms with van der Waals surface area (Å²) in [6, 6.07) is 18.5. The van der Waals surface area contributed by atoms with Crippen LogP contribution in [-0.2, 0) is 14.8 Å². The maximum Gasteiger partial charge on any atom is 0.328 e. The molecular weight excluding hydrogens is 532 g/mol. The van der Waals surface area contributed by atoms with E-state index in [9.17, 15) is 23.1 Å². The summed E-state index contributed by atoms with van der Waals surface area (Å²) in [6.45, 7) is 7.07. The normalized spacial score (nSPS) is 14.0. The number of carboxylic acids is 1. The fourth-order valence-corrected chi connectivity index (χ4v) is 5.54. The Morgan fingerprint density at radius 2 is 1.55 bits per heavy atom. The van der Waals surface area contributed by atoms with Crippen LogP contribution in [0.4, 0.5) is 17.1 Å². The Morgan fingerprint density at radius 1 is 0.925 bits per heavy atom. The lowest BCUT2D eigenvalue weighted by Crippen LogP contribution is -2.49. The molecule has 1 amide bonds. The Kier molecular flexibility index (Phi) is 8.24. The average Bonchev–Trinajstić information content (AvgIpc) is 2.93. The number of aliphatic carboxylic acids is 1. The van der Waals surface area contributed by atoms with Gasteiger partial charge >= 0.3 is 5.97 Å². The number of rotatable bonds is 9. The largest absolute Gasteiger partial charge is 0.495 e. The van der Waals surface area contributed by atoms with Crippen LogP contribution in [-0.4, -0.2) is 69.1 Å². The zero-order chi connectivity index (χ0) is 29.1. The third-order valence-electron chi connectivity index (χ3n) is 6.87. The molecule has 0 spiro atoms. The van der Waals surface area contributed by atoms with Gasteiger partial charge < -0.3 is 25.0 Å². The fraction of sp³-hybridized carbons (Fsp3) is 0.310. The van der Waals surface area contributed by atoms with E-state index in [4.69, 9.17) is 4.74 Å². The summed E-state index contributed by atoms with van der Waals surface area (Å²) in [5, 5.41) is 12.2. The SMILES string of the molecule is COc1ccccc1N1CCN(C(=O)c2cc(S(=O)(=O)Nc3ccc(NC(C)(C)C(=O)O)cc3)ccc2C)CC1. The van der Waals surface area contributed by atoms with Crippen LogP contribution < -0.4 is 19.7 Å². The molecule has 0 saturated carbocycles. The number of para-hydroxylation sites is 2. The molecule has 3 N–H and O–H groups in total. The minimum atomic E-state index is -3.99. The van der Waals surface area contributed by atoms with E-state index in [0.717, 1.165) is 11.4 Å². The number of sulfonamides is 1. The Morgan fingerprint density at radius 3 is 2.17 bits per heavy atom. The first kappa shape index (κ1) is 28.8. The first-order valence-corrected chi connectivity index (χ1v) is 14.3. The molecule has 1 aliphatic rings. The molecule has 1 fully saturated rings. The van der Waals surface area contributed by atoms with Crippen molar-refractivity contribution in [1.82, 2.24) is 4.90 Å². The molecule has 1 heterocycles. The van der Waals surface area contributed by atoms with Gasteiger partial charge in [-0.2, -0.15) is 0 Å². The first-order valence-electron chi connectivity index (χ1n) is 12.8. The van der Waals surface area contributed by atoms with Crippen LogP contribution >= 0.6 is 0 Å². The van der Waals surface area contributed by atoms with E-state index in [1.54, 1.807) is 49.3 Å². The molecule has 4 rings (SSSR count). The highest BCUT2D eigenvalue weighted by Crippen LogP contribution is 2.29. The van der Waals surface area contributed by atoms with E-state index in [-0.39, 0.29) is 10.8 Å². The number of hydrogen-bond acceptors (Lipinski definition) is 7. The number of carbonyl (C=O) groups is 2. The number of piperazine rings is 1. The molecule has 0 unspecified atom stereocenters. The van der Waals surface area contributed by atoms with Gasteiger partial charge in [0.25, 0.3) is 15.9 Å².